The Morgan fingerprint density at radius 2 is 2.00 bits per heavy atom. The minimum Gasteiger partial charge on any atom is -0.495 e. The van der Waals surface area contributed by atoms with Crippen LogP contribution in [0.5, 0.6) is 5.75 Å². The van der Waals surface area contributed by atoms with E-state index >= 15 is 0 Å². The average Bonchev–Trinajstić information content (AvgIpc) is 3.17. The van der Waals surface area contributed by atoms with Crippen LogP contribution in [0.3, 0.4) is 0 Å². The van der Waals surface area contributed by atoms with Crippen molar-refractivity contribution in [2.45, 2.75) is 19.5 Å². The number of hydrogen-bond donors (Lipinski definition) is 4. The first-order valence-electron chi connectivity index (χ1n) is 9.99. The number of carbonyl (C=O) groups excluding carboxylic acids is 1. The van der Waals surface area contributed by atoms with Crippen LogP contribution >= 0.6 is 11.6 Å². The predicted octanol–water partition coefficient (Wildman–Crippen LogP) is 3.51. The van der Waals surface area contributed by atoms with E-state index in [1.807, 2.05) is 24.3 Å². The highest BCUT2D eigenvalue weighted by Gasteiger charge is 2.23. The van der Waals surface area contributed by atoms with Crippen LogP contribution in [-0.2, 0) is 19.5 Å². The molecule has 0 fully saturated rings. The second-order valence-electron chi connectivity index (χ2n) is 7.41. The number of methoxy groups -OCH3 is 1. The van der Waals surface area contributed by atoms with E-state index in [-0.39, 0.29) is 5.91 Å². The van der Waals surface area contributed by atoms with Crippen LogP contribution in [0.4, 0.5) is 23.1 Å². The molecule has 31 heavy (non-hydrogen) atoms. The monoisotopic (exact) mass is 436 g/mol. The van der Waals surface area contributed by atoms with E-state index in [0.717, 1.165) is 30.8 Å². The summed E-state index contributed by atoms with van der Waals surface area (Å²) in [7, 11) is 1.64. The van der Waals surface area contributed by atoms with Gasteiger partial charge in [-0.1, -0.05) is 23.7 Å². The maximum atomic E-state index is 12.2. The van der Waals surface area contributed by atoms with Crippen LogP contribution in [-0.4, -0.2) is 29.5 Å². The summed E-state index contributed by atoms with van der Waals surface area (Å²) >= 11 is 6.34. The minimum atomic E-state index is -0.116. The molecule has 2 aliphatic heterocycles. The van der Waals surface area contributed by atoms with Gasteiger partial charge < -0.3 is 26.0 Å². The van der Waals surface area contributed by atoms with Crippen LogP contribution < -0.4 is 26.0 Å². The van der Waals surface area contributed by atoms with Gasteiger partial charge in [-0.3, -0.25) is 4.79 Å². The summed E-state index contributed by atoms with van der Waals surface area (Å²) in [5.41, 5.74) is 5.47. The van der Waals surface area contributed by atoms with Gasteiger partial charge in [-0.2, -0.15) is 4.98 Å². The summed E-state index contributed by atoms with van der Waals surface area (Å²) in [6.45, 7) is 2.29. The molecule has 0 bridgehead atoms. The zero-order valence-corrected chi connectivity index (χ0v) is 17.6. The van der Waals surface area contributed by atoms with Crippen LogP contribution in [0.15, 0.2) is 36.5 Å². The third-order valence-electron chi connectivity index (χ3n) is 5.47. The molecule has 8 nitrogen and oxygen atoms in total. The van der Waals surface area contributed by atoms with E-state index in [4.69, 9.17) is 16.3 Å². The van der Waals surface area contributed by atoms with Crippen molar-refractivity contribution in [1.29, 1.82) is 0 Å². The fourth-order valence-corrected chi connectivity index (χ4v) is 4.06. The van der Waals surface area contributed by atoms with Gasteiger partial charge in [-0.05, 0) is 47.9 Å². The Morgan fingerprint density at radius 3 is 2.87 bits per heavy atom. The Morgan fingerprint density at radius 1 is 1.10 bits per heavy atom. The molecule has 1 amide bonds. The lowest BCUT2D eigenvalue weighted by atomic mass is 10.00. The normalized spacial score (nSPS) is 14.5. The maximum absolute atomic E-state index is 12.2. The zero-order chi connectivity index (χ0) is 21.4. The zero-order valence-electron chi connectivity index (χ0n) is 16.9. The van der Waals surface area contributed by atoms with Gasteiger partial charge in [0.05, 0.1) is 30.2 Å². The van der Waals surface area contributed by atoms with Crippen molar-refractivity contribution in [2.75, 3.05) is 24.3 Å². The number of aromatic nitrogens is 2. The third-order valence-corrected chi connectivity index (χ3v) is 5.75. The number of halogens is 1. The van der Waals surface area contributed by atoms with Gasteiger partial charge in [0.2, 0.25) is 5.95 Å². The molecule has 0 aliphatic carbocycles. The standard InChI is InChI=1S/C22H21ClN6O2/c1-31-18-8-14-9-24-6-5-12(14)7-17(18)28-22-26-11-15(23)20(29-22)27-16-4-2-3-13-10-25-21(30)19(13)16/h2-4,7-8,11,24H,5-6,9-10H2,1H3,(H,25,30)(H2,26,27,28,29). The highest BCUT2D eigenvalue weighted by molar-refractivity contribution is 6.33. The molecule has 1 aromatic heterocycles. The highest BCUT2D eigenvalue weighted by atomic mass is 35.5. The second-order valence-corrected chi connectivity index (χ2v) is 7.82. The van der Waals surface area contributed by atoms with Crippen molar-refractivity contribution < 1.29 is 9.53 Å². The van der Waals surface area contributed by atoms with Gasteiger partial charge >= 0.3 is 0 Å². The summed E-state index contributed by atoms with van der Waals surface area (Å²) in [5.74, 6) is 1.38. The fraction of sp³-hybridized carbons (Fsp3) is 0.227. The number of anilines is 4. The van der Waals surface area contributed by atoms with Crippen LogP contribution in [0.1, 0.15) is 27.0 Å². The number of ether oxygens (including phenoxy) is 1. The number of benzene rings is 2. The van der Waals surface area contributed by atoms with E-state index in [1.165, 1.54) is 17.3 Å². The summed E-state index contributed by atoms with van der Waals surface area (Å²) in [6, 6.07) is 9.75. The second kappa shape index (κ2) is 8.05. The Labute approximate surface area is 184 Å². The number of amides is 1. The molecule has 9 heteroatoms. The highest BCUT2D eigenvalue weighted by Crippen LogP contribution is 2.33. The van der Waals surface area contributed by atoms with E-state index in [1.54, 1.807) is 7.11 Å². The Hall–Kier alpha value is -3.36. The van der Waals surface area contributed by atoms with Gasteiger partial charge in [0.15, 0.2) is 5.82 Å². The van der Waals surface area contributed by atoms with Crippen molar-refractivity contribution in [3.63, 3.8) is 0 Å². The van der Waals surface area contributed by atoms with Gasteiger partial charge in [0.1, 0.15) is 10.8 Å². The Balaban J connectivity index is 1.45. The fourth-order valence-electron chi connectivity index (χ4n) is 3.92. The molecule has 0 atom stereocenters. The molecule has 3 heterocycles. The smallest absolute Gasteiger partial charge is 0.254 e. The van der Waals surface area contributed by atoms with E-state index in [0.29, 0.717) is 40.3 Å². The number of carbonyl (C=O) groups is 1. The quantitative estimate of drug-likeness (QED) is 0.485. The largest absolute Gasteiger partial charge is 0.495 e. The van der Waals surface area contributed by atoms with Gasteiger partial charge in [0.25, 0.3) is 5.91 Å². The maximum Gasteiger partial charge on any atom is 0.254 e. The van der Waals surface area contributed by atoms with Crippen molar-refractivity contribution in [3.05, 3.63) is 63.8 Å². The molecule has 0 radical (unpaired) electrons. The number of nitrogens with zero attached hydrogens (tertiary/aromatic N) is 2. The molecule has 2 aliphatic rings. The number of fused-ring (bicyclic) bond motifs is 2. The van der Waals surface area contributed by atoms with Crippen molar-refractivity contribution >= 4 is 40.6 Å². The number of rotatable bonds is 5. The van der Waals surface area contributed by atoms with Crippen LogP contribution in [0.2, 0.25) is 5.02 Å². The molecule has 2 aromatic carbocycles. The Kier molecular flexibility index (Phi) is 5.09. The molecule has 3 aromatic rings. The first-order valence-corrected chi connectivity index (χ1v) is 10.4. The molecule has 158 valence electrons. The summed E-state index contributed by atoms with van der Waals surface area (Å²) < 4.78 is 5.56. The van der Waals surface area contributed by atoms with Crippen molar-refractivity contribution in [1.82, 2.24) is 20.6 Å². The van der Waals surface area contributed by atoms with Crippen LogP contribution in [0, 0.1) is 0 Å². The molecular weight excluding hydrogens is 416 g/mol. The van der Waals surface area contributed by atoms with Crippen molar-refractivity contribution in [2.24, 2.45) is 0 Å². The average molecular weight is 437 g/mol. The minimum absolute atomic E-state index is 0.116. The molecule has 4 N–H and O–H groups in total. The predicted molar refractivity (Wildman–Crippen MR) is 120 cm³/mol. The first-order chi connectivity index (χ1) is 15.1. The SMILES string of the molecule is COc1cc2c(cc1Nc1ncc(Cl)c(Nc3cccc4c3C(=O)NC4)n1)CCNC2. The van der Waals surface area contributed by atoms with Gasteiger partial charge in [0, 0.05) is 13.1 Å². The lowest BCUT2D eigenvalue weighted by molar-refractivity contribution is 0.0966. The molecule has 0 saturated heterocycles. The lowest BCUT2D eigenvalue weighted by Gasteiger charge is -2.20. The molecule has 0 saturated carbocycles. The number of nitrogens with one attached hydrogen (secondary N) is 4. The molecular formula is C22H21ClN6O2. The van der Waals surface area contributed by atoms with Gasteiger partial charge in [-0.25, -0.2) is 4.98 Å². The van der Waals surface area contributed by atoms with Crippen LogP contribution in [0.25, 0.3) is 0 Å². The van der Waals surface area contributed by atoms with E-state index < -0.39 is 0 Å². The van der Waals surface area contributed by atoms with Gasteiger partial charge in [-0.15, -0.1) is 0 Å². The number of hydrogen-bond acceptors (Lipinski definition) is 7. The molecule has 0 unspecified atom stereocenters. The van der Waals surface area contributed by atoms with E-state index in [9.17, 15) is 4.79 Å². The topological polar surface area (TPSA) is 100 Å². The molecule has 5 rings (SSSR count). The molecule has 0 spiro atoms. The first kappa shape index (κ1) is 19.6. The summed E-state index contributed by atoms with van der Waals surface area (Å²) in [6.07, 6.45) is 2.47. The summed E-state index contributed by atoms with van der Waals surface area (Å²) in [5, 5.41) is 13.0. The Bertz CT molecular complexity index is 1180. The summed E-state index contributed by atoms with van der Waals surface area (Å²) in [4.78, 5) is 21.1. The van der Waals surface area contributed by atoms with E-state index in [2.05, 4.69) is 37.3 Å². The third kappa shape index (κ3) is 3.75. The lowest BCUT2D eigenvalue weighted by Crippen LogP contribution is -2.23. The van der Waals surface area contributed by atoms with Crippen molar-refractivity contribution in [3.8, 4) is 5.75 Å².